The molecule has 0 saturated heterocycles. The lowest BCUT2D eigenvalue weighted by molar-refractivity contribution is -0.137. The lowest BCUT2D eigenvalue weighted by atomic mass is 10.2. The third kappa shape index (κ3) is 6.45. The van der Waals surface area contributed by atoms with Crippen LogP contribution in [0.5, 0.6) is 0 Å². The lowest BCUT2D eigenvalue weighted by Gasteiger charge is -2.06. The van der Waals surface area contributed by atoms with Crippen molar-refractivity contribution in [2.75, 3.05) is 5.32 Å². The molecule has 0 aliphatic carbocycles. The van der Waals surface area contributed by atoms with Gasteiger partial charge in [0.15, 0.2) is 0 Å². The predicted molar refractivity (Wildman–Crippen MR) is 109 cm³/mol. The number of hydrogen-bond donors (Lipinski definition) is 2. The Kier molecular flexibility index (Phi) is 6.76. The summed E-state index contributed by atoms with van der Waals surface area (Å²) in [6, 6.07) is 14.0. The first-order chi connectivity index (χ1) is 14.7. The normalized spacial score (nSPS) is 11.5. The van der Waals surface area contributed by atoms with Crippen LogP contribution >= 0.6 is 11.6 Å². The second-order valence-electron chi connectivity index (χ2n) is 6.26. The van der Waals surface area contributed by atoms with Gasteiger partial charge in [-0.05, 0) is 48.5 Å². The minimum absolute atomic E-state index is 0.0702. The Morgan fingerprint density at radius 2 is 1.81 bits per heavy atom. The van der Waals surface area contributed by atoms with Gasteiger partial charge in [0.25, 0.3) is 0 Å². The maximum atomic E-state index is 12.7. The zero-order chi connectivity index (χ0) is 22.4. The Bertz CT molecular complexity index is 1130. The van der Waals surface area contributed by atoms with Gasteiger partial charge in [-0.1, -0.05) is 23.7 Å². The lowest BCUT2D eigenvalue weighted by Crippen LogP contribution is -2.34. The van der Waals surface area contributed by atoms with Crippen molar-refractivity contribution in [3.8, 4) is 0 Å². The van der Waals surface area contributed by atoms with E-state index in [1.807, 2.05) is 0 Å². The predicted octanol–water partition coefficient (Wildman–Crippen LogP) is 4.96. The van der Waals surface area contributed by atoms with Crippen molar-refractivity contribution in [2.45, 2.75) is 12.7 Å². The number of furan rings is 1. The fourth-order valence-corrected chi connectivity index (χ4v) is 2.65. The molecule has 0 spiro atoms. The molecule has 3 rings (SSSR count). The topological polar surface area (TPSA) is 83.7 Å². The Balaban J connectivity index is 1.54. The number of benzene rings is 2. The first-order valence-electron chi connectivity index (χ1n) is 8.85. The summed E-state index contributed by atoms with van der Waals surface area (Å²) in [5.74, 6) is -1.16. The molecule has 1 heterocycles. The van der Waals surface area contributed by atoms with Gasteiger partial charge in [-0.15, -0.1) is 0 Å². The molecule has 0 unspecified atom stereocenters. The summed E-state index contributed by atoms with van der Waals surface area (Å²) >= 11 is 5.82. The van der Waals surface area contributed by atoms with Crippen LogP contribution < -0.4 is 10.6 Å². The number of carbonyl (C=O) groups excluding carboxylic acids is 2. The Labute approximate surface area is 179 Å². The van der Waals surface area contributed by atoms with E-state index in [2.05, 4.69) is 15.6 Å². The molecule has 2 N–H and O–H groups in total. The number of carbonyl (C=O) groups is 2. The van der Waals surface area contributed by atoms with E-state index < -0.39 is 23.6 Å². The van der Waals surface area contributed by atoms with Crippen LogP contribution in [0.15, 0.2) is 70.1 Å². The molecular weight excluding hydrogens is 435 g/mol. The molecule has 10 heteroatoms. The monoisotopic (exact) mass is 449 g/mol. The first kappa shape index (κ1) is 22.1. The van der Waals surface area contributed by atoms with E-state index >= 15 is 0 Å². The highest BCUT2D eigenvalue weighted by Gasteiger charge is 2.30. The number of alkyl halides is 3. The van der Waals surface area contributed by atoms with Crippen LogP contribution in [0.25, 0.3) is 0 Å². The van der Waals surface area contributed by atoms with E-state index in [-0.39, 0.29) is 18.0 Å². The van der Waals surface area contributed by atoms with Crippen molar-refractivity contribution in [1.82, 2.24) is 5.32 Å². The molecule has 0 bridgehead atoms. The molecular formula is C21H15ClF3N3O3. The van der Waals surface area contributed by atoms with Crippen molar-refractivity contribution < 1.29 is 27.2 Å². The number of nitrogens with one attached hydrogen (secondary N) is 2. The van der Waals surface area contributed by atoms with Gasteiger partial charge in [0.05, 0.1) is 24.0 Å². The van der Waals surface area contributed by atoms with Crippen molar-refractivity contribution in [3.05, 3.63) is 82.8 Å². The smallest absolute Gasteiger partial charge is 0.416 e. The van der Waals surface area contributed by atoms with Gasteiger partial charge in [0, 0.05) is 10.7 Å². The maximum Gasteiger partial charge on any atom is 0.416 e. The third-order valence-corrected chi connectivity index (χ3v) is 4.14. The van der Waals surface area contributed by atoms with Crippen LogP contribution in [0, 0.1) is 0 Å². The van der Waals surface area contributed by atoms with E-state index in [0.29, 0.717) is 16.5 Å². The van der Waals surface area contributed by atoms with Crippen molar-refractivity contribution in [1.29, 1.82) is 0 Å². The van der Waals surface area contributed by atoms with Gasteiger partial charge in [-0.25, -0.2) is 0 Å². The molecule has 1 aromatic heterocycles. The highest BCUT2D eigenvalue weighted by Crippen LogP contribution is 2.31. The van der Waals surface area contributed by atoms with Gasteiger partial charge < -0.3 is 15.1 Å². The summed E-state index contributed by atoms with van der Waals surface area (Å²) in [7, 11) is 0. The second-order valence-corrected chi connectivity index (χ2v) is 6.69. The van der Waals surface area contributed by atoms with Crippen LogP contribution in [0.3, 0.4) is 0 Å². The molecule has 3 aromatic rings. The van der Waals surface area contributed by atoms with Gasteiger partial charge in [-0.3, -0.25) is 14.6 Å². The van der Waals surface area contributed by atoms with Gasteiger partial charge in [0.2, 0.25) is 0 Å². The molecule has 0 fully saturated rings. The summed E-state index contributed by atoms with van der Waals surface area (Å²) in [5.41, 5.74) is -0.321. The van der Waals surface area contributed by atoms with Crippen LogP contribution in [0.2, 0.25) is 5.02 Å². The minimum atomic E-state index is -4.46. The van der Waals surface area contributed by atoms with Crippen molar-refractivity contribution in [2.24, 2.45) is 4.99 Å². The number of amides is 2. The fraction of sp³-hybridized carbons (Fsp3) is 0.0952. The zero-order valence-corrected chi connectivity index (χ0v) is 16.5. The summed E-state index contributed by atoms with van der Waals surface area (Å²) in [6.07, 6.45) is -3.20. The molecule has 0 aliphatic rings. The number of halogens is 4. The number of anilines is 1. The van der Waals surface area contributed by atoms with Gasteiger partial charge >= 0.3 is 18.0 Å². The molecule has 31 heavy (non-hydrogen) atoms. The van der Waals surface area contributed by atoms with Crippen LogP contribution in [-0.2, 0) is 22.3 Å². The molecule has 2 amide bonds. The molecule has 0 atom stereocenters. The third-order valence-electron chi connectivity index (χ3n) is 3.91. The number of nitrogens with zero attached hydrogens (tertiary/aromatic N) is 1. The molecule has 6 nitrogen and oxygen atoms in total. The average molecular weight is 450 g/mol. The van der Waals surface area contributed by atoms with E-state index in [0.717, 1.165) is 12.1 Å². The quantitative estimate of drug-likeness (QED) is 0.426. The van der Waals surface area contributed by atoms with Gasteiger partial charge in [-0.2, -0.15) is 13.2 Å². The average Bonchev–Trinajstić information content (AvgIpc) is 3.18. The van der Waals surface area contributed by atoms with E-state index in [1.54, 1.807) is 24.3 Å². The number of rotatable bonds is 5. The molecule has 0 radical (unpaired) electrons. The summed E-state index contributed by atoms with van der Waals surface area (Å²) in [5, 5.41) is 5.22. The van der Waals surface area contributed by atoms with Crippen molar-refractivity contribution >= 4 is 41.0 Å². The van der Waals surface area contributed by atoms with Crippen LogP contribution in [-0.4, -0.2) is 18.0 Å². The molecule has 0 saturated carbocycles. The number of aliphatic imine (C=N–C) groups is 1. The molecule has 160 valence electrons. The summed E-state index contributed by atoms with van der Waals surface area (Å²) in [4.78, 5) is 27.8. The van der Waals surface area contributed by atoms with E-state index in [4.69, 9.17) is 16.0 Å². The van der Waals surface area contributed by atoms with E-state index in [9.17, 15) is 22.8 Å². The zero-order valence-electron chi connectivity index (χ0n) is 15.7. The maximum absolute atomic E-state index is 12.7. The Morgan fingerprint density at radius 3 is 2.55 bits per heavy atom. The molecule has 2 aromatic carbocycles. The van der Waals surface area contributed by atoms with Crippen molar-refractivity contribution in [3.63, 3.8) is 0 Å². The second kappa shape index (κ2) is 9.48. The summed E-state index contributed by atoms with van der Waals surface area (Å²) < 4.78 is 43.7. The highest BCUT2D eigenvalue weighted by molar-refractivity contribution is 6.39. The molecule has 0 aliphatic heterocycles. The van der Waals surface area contributed by atoms with Crippen LogP contribution in [0.4, 0.5) is 24.5 Å². The first-order valence-corrected chi connectivity index (χ1v) is 9.23. The van der Waals surface area contributed by atoms with Gasteiger partial charge in [0.1, 0.15) is 11.5 Å². The Morgan fingerprint density at radius 1 is 1.03 bits per heavy atom. The Hall–Kier alpha value is -3.59. The minimum Gasteiger partial charge on any atom is -0.458 e. The summed E-state index contributed by atoms with van der Waals surface area (Å²) in [6.45, 7) is -0.0702. The van der Waals surface area contributed by atoms with E-state index in [1.165, 1.54) is 30.5 Å². The number of hydrogen-bond acceptors (Lipinski definition) is 4. The standard InChI is InChI=1S/C21H15ClF3N3O3/c22-14-4-2-6-16(10-14)28-20(30)19(29)27-12-18-8-7-17(31-18)11-26-15-5-1-3-13(9-15)21(23,24)25/h1-11H,12H2,(H,27,29)(H,28,30). The highest BCUT2D eigenvalue weighted by atomic mass is 35.5. The largest absolute Gasteiger partial charge is 0.458 e. The SMILES string of the molecule is O=C(NCc1ccc(C=Nc2cccc(C(F)(F)F)c2)o1)C(=O)Nc1cccc(Cl)c1. The fourth-order valence-electron chi connectivity index (χ4n) is 2.46. The van der Waals surface area contributed by atoms with Crippen LogP contribution in [0.1, 0.15) is 17.1 Å².